The van der Waals surface area contributed by atoms with Gasteiger partial charge in [0.25, 0.3) is 0 Å². The minimum atomic E-state index is 1.50. The Kier molecular flexibility index (Phi) is 84.4. The summed E-state index contributed by atoms with van der Waals surface area (Å²) in [6, 6.07) is 0. The molecule has 0 spiro atoms. The second-order valence-corrected chi connectivity index (χ2v) is 14.2. The molecule has 0 aliphatic carbocycles. The monoisotopic (exact) mass is 846 g/mol. The van der Waals surface area contributed by atoms with Gasteiger partial charge in [-0.25, -0.2) is 0 Å². The molecule has 1 nitrogen and oxygen atoms in total. The molecule has 0 heterocycles. The van der Waals surface area contributed by atoms with Crippen molar-refractivity contribution in [1.82, 2.24) is 0 Å². The van der Waals surface area contributed by atoms with Gasteiger partial charge in [-0.3, -0.25) is 0 Å². The molecular formula is CH3B74O. The molecule has 0 saturated carbocycles. The topological polar surface area (TPSA) is 9.23 Å². The zero-order valence-corrected chi connectivity index (χ0v) is 44.1. The van der Waals surface area contributed by atoms with Gasteiger partial charge in [-0.1, -0.05) is 0 Å². The molecule has 0 saturated heterocycles. The molecule has 0 aliphatic heterocycles. The second-order valence-electron chi connectivity index (χ2n) is 14.2. The molecule has 0 aromatic rings. The third-order valence-corrected chi connectivity index (χ3v) is 8.10. The van der Waals surface area contributed by atoms with Crippen molar-refractivity contribution in [3.63, 3.8) is 0 Å². The van der Waals surface area contributed by atoms with Crippen LogP contribution in [0.3, 0.4) is 0 Å². The van der Waals surface area contributed by atoms with Crippen LogP contribution in [0.2, 0.25) is 0 Å². The van der Waals surface area contributed by atoms with Crippen LogP contribution in [0.15, 0.2) is 0 Å². The van der Waals surface area contributed by atoms with Crippen LogP contribution in [0.5, 0.6) is 0 Å². The summed E-state index contributed by atoms with van der Waals surface area (Å²) in [6.45, 7) is 142. The molecule has 0 aromatic heterocycles. The third-order valence-electron chi connectivity index (χ3n) is 8.10. The van der Waals surface area contributed by atoms with Crippen LogP contribution in [0.25, 0.3) is 0 Å². The van der Waals surface area contributed by atoms with Crippen LogP contribution in [0.1, 0.15) is 0 Å². The average molecular weight is 831 g/mol. The Morgan fingerprint density at radius 2 is 0.211 bits per heavy atom. The molecule has 0 amide bonds. The van der Waals surface area contributed by atoms with E-state index in [-0.39, 0.29) is 0 Å². The van der Waals surface area contributed by atoms with Gasteiger partial charge in [-0.15, -0.1) is 0 Å². The zero-order valence-electron chi connectivity index (χ0n) is 44.1. The van der Waals surface area contributed by atoms with E-state index in [2.05, 4.69) is 0 Å². The van der Waals surface area contributed by atoms with Crippen LogP contribution in [-0.2, 0) is 4.65 Å². The molecule has 75 heteroatoms. The fraction of sp³-hybridized carbons (Fsp3) is 1.00. The summed E-state index contributed by atoms with van der Waals surface area (Å²) < 4.78 is 4.82. The molecule has 0 aromatic carbocycles. The quantitative estimate of drug-likeness (QED) is 0.0567. The molecule has 0 aliphatic rings. The van der Waals surface area contributed by atoms with Crippen molar-refractivity contribution in [2.45, 2.75) is 0 Å². The van der Waals surface area contributed by atoms with Gasteiger partial charge in [0, 0.05) is 0 Å². The van der Waals surface area contributed by atoms with Gasteiger partial charge in [0.15, 0.2) is 0 Å². The van der Waals surface area contributed by atoms with E-state index in [1.54, 1.807) is 20.8 Å². The minimum absolute atomic E-state index is 1.50. The number of hydrogen-bond donors (Lipinski definition) is 0. The molecule has 235 valence electrons. The summed E-state index contributed by atoms with van der Waals surface area (Å²) in [7, 11) is 8.51. The first-order valence-electron chi connectivity index (χ1n) is 25.0. The first-order valence-corrected chi connectivity index (χ1v) is 25.0. The van der Waals surface area contributed by atoms with E-state index in [1.807, 2.05) is 468 Å². The summed E-state index contributed by atoms with van der Waals surface area (Å²) >= 11 is 0. The Balaban J connectivity index is 4.10. The molecule has 1 radical (unpaired) electrons. The van der Waals surface area contributed by atoms with Gasteiger partial charge in [0.1, 0.15) is 0 Å². The van der Waals surface area contributed by atoms with Gasteiger partial charge in [0.2, 0.25) is 0 Å². The third kappa shape index (κ3) is 78.6. The van der Waals surface area contributed by atoms with Crippen molar-refractivity contribution in [2.24, 2.45) is 0 Å². The Hall–Kier alpha value is 4.61. The Morgan fingerprint density at radius 3 is 0.289 bits per heavy atom. The Labute approximate surface area is 503 Å². The van der Waals surface area contributed by atoms with Gasteiger partial charge < -0.3 is 0 Å². The predicted octanol–water partition coefficient (Wildman–Crippen LogP) is -28.1. The second kappa shape index (κ2) is 79.6. The molecule has 76 heavy (non-hydrogen) atoms. The van der Waals surface area contributed by atoms with Crippen molar-refractivity contribution in [1.29, 1.82) is 0 Å². The van der Waals surface area contributed by atoms with Crippen LogP contribution in [0.4, 0.5) is 0 Å². The van der Waals surface area contributed by atoms with E-state index in [0.29, 0.717) is 0 Å². The summed E-state index contributed by atoms with van der Waals surface area (Å²) in [4.78, 5) is 0. The summed E-state index contributed by atoms with van der Waals surface area (Å²) in [6.07, 6.45) is 0. The molecular weight excluding hydrogens is 828 g/mol. The first kappa shape index (κ1) is 80.6. The number of hydrogen-bond acceptors (Lipinski definition) is 1. The maximum atomic E-state index is 5.26. The van der Waals surface area contributed by atoms with Gasteiger partial charge >= 0.3 is 508 Å². The SMILES string of the molecule is [B]=BB=BB=BB=BB=BB=BB=BB=BB=BB=BB=BB=BB=BB=BB=BB=BB=BB=BB=BB=BB=BB=BB=BB=BB=BB=BB=BB=BB=BB=BB=BB=BB=BB=BB=BB=BB=BOC. The number of rotatable bonds is 37. The average Bonchev–Trinajstić information content (AvgIpc) is 3.43. The van der Waals surface area contributed by atoms with Crippen LogP contribution < -0.4 is 0 Å². The summed E-state index contributed by atoms with van der Waals surface area (Å²) in [5.74, 6) is 0. The van der Waals surface area contributed by atoms with Crippen molar-refractivity contribution in [3.05, 3.63) is 0 Å². The molecule has 0 atom stereocenters. The van der Waals surface area contributed by atoms with E-state index < -0.39 is 0 Å². The predicted molar refractivity (Wildman–Crippen MR) is 433 cm³/mol. The van der Waals surface area contributed by atoms with Crippen molar-refractivity contribution in [2.75, 3.05) is 7.11 Å². The molecule has 0 fully saturated rings. The molecule has 0 rings (SSSR count). The van der Waals surface area contributed by atoms with Crippen LogP contribution in [0, 0.1) is 0 Å². The normalized spacial score (nSPS) is 7.79. The zero-order chi connectivity index (χ0) is 54.3. The van der Waals surface area contributed by atoms with Crippen molar-refractivity contribution >= 4 is 496 Å². The van der Waals surface area contributed by atoms with E-state index >= 15 is 0 Å². The van der Waals surface area contributed by atoms with E-state index in [0.717, 1.165) is 0 Å². The first-order chi connectivity index (χ1) is 37.9. The maximum absolute atomic E-state index is 5.26. The standard InChI is InChI=1S/CH3B74O/c1-76-75-74-73-72-71-70-69-68-67-66-65-64-63-62-61-60-59-58-57-56-55-54-53-52-51-50-49-48-47-46-45-44-43-42-41-40-39-38-37-36-35-34-33-32-31-30-29-28-27-26-25-24-23-22-21-20-19-18-17-16-15-14-13-12-11-10-9-8-7-6-5-4-3-2/h1H3. The van der Waals surface area contributed by atoms with E-state index in [9.17, 15) is 0 Å². The van der Waals surface area contributed by atoms with Gasteiger partial charge in [0.05, 0.1) is 0 Å². The Bertz CT molecular complexity index is 2640. The summed E-state index contributed by atoms with van der Waals surface area (Å²) in [5, 5.41) is 0. The van der Waals surface area contributed by atoms with Gasteiger partial charge in [-0.2, -0.15) is 0 Å². The Morgan fingerprint density at radius 1 is 0.132 bits per heavy atom. The van der Waals surface area contributed by atoms with Crippen molar-refractivity contribution < 1.29 is 4.65 Å². The van der Waals surface area contributed by atoms with E-state index in [1.165, 1.54) is 6.69 Å². The molecule has 0 N–H and O–H groups in total. The fourth-order valence-electron chi connectivity index (χ4n) is 4.61. The summed E-state index contributed by atoms with van der Waals surface area (Å²) in [5.41, 5.74) is 0. The van der Waals surface area contributed by atoms with Crippen molar-refractivity contribution in [3.8, 4) is 0 Å². The van der Waals surface area contributed by atoms with Crippen LogP contribution >= 0.6 is 0 Å². The van der Waals surface area contributed by atoms with Crippen LogP contribution in [-0.4, -0.2) is 503 Å². The molecule has 0 bridgehead atoms. The molecule has 0 unspecified atom stereocenters. The van der Waals surface area contributed by atoms with E-state index in [4.69, 9.17) is 12.0 Å². The fourth-order valence-corrected chi connectivity index (χ4v) is 4.61. The van der Waals surface area contributed by atoms with Gasteiger partial charge in [-0.05, 0) is 0 Å².